The molecule has 0 bridgehead atoms. The molecule has 4 aliphatic carbocycles. The van der Waals surface area contributed by atoms with Crippen LogP contribution in [0, 0.1) is 28.6 Å². The molecule has 0 aromatic carbocycles. The zero-order chi connectivity index (χ0) is 21.7. The number of hydrogen-bond donors (Lipinski definition) is 2. The van der Waals surface area contributed by atoms with Crippen LogP contribution in [0.2, 0.25) is 0 Å². The van der Waals surface area contributed by atoms with Crippen LogP contribution in [-0.4, -0.2) is 63.7 Å². The lowest BCUT2D eigenvalue weighted by atomic mass is 9.44. The number of hydrogen-bond acceptors (Lipinski definition) is 5. The smallest absolute Gasteiger partial charge is 0.179 e. The maximum Gasteiger partial charge on any atom is 0.179 e. The molecule has 4 fully saturated rings. The van der Waals surface area contributed by atoms with Gasteiger partial charge >= 0.3 is 0 Å². The molecular formula is C24H32FNO4. The number of allylic oxidation sites excluding steroid dienone is 4. The third-order valence-electron chi connectivity index (χ3n) is 9.55. The molecule has 1 saturated heterocycles. The minimum Gasteiger partial charge on any atom is -0.390 e. The standard InChI is InChI=1S/C24H32FNO4/c1-14-10-18-17-5-4-15-11-16(27)6-7-21(15,2)23(17,25)19(28)12-22(18,3)24(14,30)20(29)13-26-8-9-26/h6-7,11,14,17-19,28,30H,4-5,8-10,12-13H2,1-3H3/t14-,17+,18+,19+,21+,22+,23+,24+/m1/s1. The monoisotopic (exact) mass is 417 g/mol. The summed E-state index contributed by atoms with van der Waals surface area (Å²) in [6, 6.07) is 0. The fourth-order valence-electron chi connectivity index (χ4n) is 7.69. The maximum atomic E-state index is 17.0. The zero-order valence-electron chi connectivity index (χ0n) is 18.0. The molecule has 5 rings (SSSR count). The third-order valence-corrected chi connectivity index (χ3v) is 9.55. The van der Waals surface area contributed by atoms with Crippen molar-refractivity contribution in [1.82, 2.24) is 4.90 Å². The summed E-state index contributed by atoms with van der Waals surface area (Å²) in [6.07, 6.45) is 4.98. The summed E-state index contributed by atoms with van der Waals surface area (Å²) < 4.78 is 17.0. The van der Waals surface area contributed by atoms with Gasteiger partial charge in [-0.25, -0.2) is 4.39 Å². The highest BCUT2D eigenvalue weighted by atomic mass is 19.1. The second kappa shape index (κ2) is 6.11. The van der Waals surface area contributed by atoms with E-state index in [-0.39, 0.29) is 36.4 Å². The molecule has 0 radical (unpaired) electrons. The normalized spacial score (nSPS) is 52.3. The van der Waals surface area contributed by atoms with Crippen LogP contribution >= 0.6 is 0 Å². The highest BCUT2D eigenvalue weighted by molar-refractivity contribution is 6.01. The summed E-state index contributed by atoms with van der Waals surface area (Å²) >= 11 is 0. The largest absolute Gasteiger partial charge is 0.390 e. The topological polar surface area (TPSA) is 77.6 Å². The van der Waals surface area contributed by atoms with Gasteiger partial charge in [-0.1, -0.05) is 25.5 Å². The lowest BCUT2D eigenvalue weighted by molar-refractivity contribution is -0.218. The predicted octanol–water partition coefficient (Wildman–Crippen LogP) is 2.22. The number of halogens is 1. The summed E-state index contributed by atoms with van der Waals surface area (Å²) in [5.41, 5.74) is -4.65. The molecule has 30 heavy (non-hydrogen) atoms. The number of fused-ring (bicyclic) bond motifs is 5. The second-order valence-electron chi connectivity index (χ2n) is 10.9. The fourth-order valence-corrected chi connectivity index (χ4v) is 7.69. The van der Waals surface area contributed by atoms with Gasteiger partial charge in [-0.05, 0) is 56.6 Å². The molecule has 5 nitrogen and oxygen atoms in total. The van der Waals surface area contributed by atoms with Gasteiger partial charge in [0, 0.05) is 29.8 Å². The van der Waals surface area contributed by atoms with Crippen molar-refractivity contribution in [3.63, 3.8) is 0 Å². The van der Waals surface area contributed by atoms with E-state index in [1.54, 1.807) is 13.0 Å². The van der Waals surface area contributed by atoms with Gasteiger partial charge in [0.25, 0.3) is 0 Å². The number of ketones is 2. The van der Waals surface area contributed by atoms with Crippen LogP contribution in [0.4, 0.5) is 4.39 Å². The van der Waals surface area contributed by atoms with Gasteiger partial charge in [-0.3, -0.25) is 14.5 Å². The number of aliphatic hydroxyl groups is 2. The molecule has 6 heteroatoms. The van der Waals surface area contributed by atoms with E-state index in [2.05, 4.69) is 0 Å². The summed E-state index contributed by atoms with van der Waals surface area (Å²) in [5.74, 6) is -1.29. The number of carbonyl (C=O) groups is 2. The average Bonchev–Trinajstić information content (AvgIpc) is 3.47. The van der Waals surface area contributed by atoms with Gasteiger partial charge < -0.3 is 10.2 Å². The lowest BCUT2D eigenvalue weighted by Crippen LogP contribution is -2.69. The Morgan fingerprint density at radius 2 is 2.00 bits per heavy atom. The highest BCUT2D eigenvalue weighted by Crippen LogP contribution is 2.70. The van der Waals surface area contributed by atoms with Gasteiger partial charge in [0.2, 0.25) is 0 Å². The zero-order valence-corrected chi connectivity index (χ0v) is 18.0. The quantitative estimate of drug-likeness (QED) is 0.689. The van der Waals surface area contributed by atoms with Crippen molar-refractivity contribution < 1.29 is 24.2 Å². The second-order valence-corrected chi connectivity index (χ2v) is 10.9. The number of alkyl halides is 1. The molecule has 1 aliphatic heterocycles. The van der Waals surface area contributed by atoms with Crippen LogP contribution in [0.15, 0.2) is 23.8 Å². The molecule has 164 valence electrons. The SMILES string of the molecule is C[C@@H]1C[C@H]2[C@@H]3CCC4=CC(=O)C=C[C@]4(C)[C@@]3(F)[C@@H](O)C[C@]2(C)[C@@]1(O)C(=O)CN1CC1. The van der Waals surface area contributed by atoms with E-state index in [1.807, 2.05) is 18.7 Å². The Kier molecular flexibility index (Phi) is 4.18. The van der Waals surface area contributed by atoms with E-state index in [4.69, 9.17) is 0 Å². The van der Waals surface area contributed by atoms with Crippen LogP contribution < -0.4 is 0 Å². The van der Waals surface area contributed by atoms with Crippen molar-refractivity contribution in [3.05, 3.63) is 23.8 Å². The van der Waals surface area contributed by atoms with E-state index in [9.17, 15) is 19.8 Å². The van der Waals surface area contributed by atoms with Crippen LogP contribution in [0.5, 0.6) is 0 Å². The Bertz CT molecular complexity index is 880. The van der Waals surface area contributed by atoms with E-state index >= 15 is 4.39 Å². The van der Waals surface area contributed by atoms with E-state index in [0.29, 0.717) is 19.3 Å². The van der Waals surface area contributed by atoms with Crippen LogP contribution in [0.3, 0.4) is 0 Å². The van der Waals surface area contributed by atoms with Gasteiger partial charge in [0.05, 0.1) is 12.6 Å². The van der Waals surface area contributed by atoms with Crippen LogP contribution in [0.1, 0.15) is 46.5 Å². The van der Waals surface area contributed by atoms with Crippen molar-refractivity contribution in [2.45, 2.75) is 63.8 Å². The highest BCUT2D eigenvalue weighted by Gasteiger charge is 2.75. The first-order valence-corrected chi connectivity index (χ1v) is 11.3. The van der Waals surface area contributed by atoms with E-state index in [0.717, 1.165) is 18.7 Å². The molecular weight excluding hydrogens is 385 g/mol. The summed E-state index contributed by atoms with van der Waals surface area (Å²) in [6.45, 7) is 7.53. The average molecular weight is 418 g/mol. The molecule has 0 unspecified atom stereocenters. The molecule has 3 saturated carbocycles. The van der Waals surface area contributed by atoms with Crippen molar-refractivity contribution in [3.8, 4) is 0 Å². The molecule has 1 heterocycles. The van der Waals surface area contributed by atoms with Gasteiger partial charge in [0.15, 0.2) is 17.2 Å². The summed E-state index contributed by atoms with van der Waals surface area (Å²) in [5, 5.41) is 23.1. The first kappa shape index (κ1) is 20.5. The summed E-state index contributed by atoms with van der Waals surface area (Å²) in [4.78, 5) is 27.1. The van der Waals surface area contributed by atoms with E-state index in [1.165, 1.54) is 12.2 Å². The molecule has 0 aromatic heterocycles. The molecule has 0 aromatic rings. The Morgan fingerprint density at radius 3 is 2.67 bits per heavy atom. The fraction of sp³-hybridized carbons (Fsp3) is 0.750. The van der Waals surface area contributed by atoms with Crippen molar-refractivity contribution in [1.29, 1.82) is 0 Å². The van der Waals surface area contributed by atoms with Gasteiger partial charge in [-0.15, -0.1) is 0 Å². The lowest BCUT2D eigenvalue weighted by Gasteiger charge is -2.62. The number of rotatable bonds is 3. The predicted molar refractivity (Wildman–Crippen MR) is 109 cm³/mol. The minimum absolute atomic E-state index is 0.0436. The molecule has 8 atom stereocenters. The molecule has 5 aliphatic rings. The van der Waals surface area contributed by atoms with Gasteiger partial charge in [0.1, 0.15) is 5.60 Å². The van der Waals surface area contributed by atoms with E-state index < -0.39 is 34.1 Å². The number of carbonyl (C=O) groups excluding carboxylic acids is 2. The number of Topliss-reactive ketones (excluding diaryl/α,β-unsaturated/α-hetero) is 1. The molecule has 0 spiro atoms. The van der Waals surface area contributed by atoms with Gasteiger partial charge in [-0.2, -0.15) is 0 Å². The Labute approximate surface area is 177 Å². The number of aliphatic hydroxyl groups excluding tert-OH is 1. The molecule has 0 amide bonds. The molecule has 2 N–H and O–H groups in total. The Hall–Kier alpha value is -1.37. The number of nitrogens with zero attached hydrogens (tertiary/aromatic N) is 1. The summed E-state index contributed by atoms with van der Waals surface area (Å²) in [7, 11) is 0. The first-order chi connectivity index (χ1) is 14.0. The van der Waals surface area contributed by atoms with Crippen molar-refractivity contribution >= 4 is 11.6 Å². The Morgan fingerprint density at radius 1 is 1.30 bits per heavy atom. The Balaban J connectivity index is 1.57. The van der Waals surface area contributed by atoms with Crippen molar-refractivity contribution in [2.24, 2.45) is 28.6 Å². The van der Waals surface area contributed by atoms with Crippen LogP contribution in [-0.2, 0) is 9.59 Å². The maximum absolute atomic E-state index is 17.0. The first-order valence-electron chi connectivity index (χ1n) is 11.3. The third kappa shape index (κ3) is 2.28. The van der Waals surface area contributed by atoms with Crippen molar-refractivity contribution in [2.75, 3.05) is 19.6 Å². The minimum atomic E-state index is -1.92. The van der Waals surface area contributed by atoms with Crippen LogP contribution in [0.25, 0.3) is 0 Å².